The molecule has 0 bridgehead atoms. The molecule has 19 heavy (non-hydrogen) atoms. The number of nitrogens with zero attached hydrogens (tertiary/aromatic N) is 1. The number of hydrogen-bond donors (Lipinski definition) is 2. The topological polar surface area (TPSA) is 49.5 Å². The number of aliphatic hydroxyl groups excluding tert-OH is 1. The highest BCUT2D eigenvalue weighted by Crippen LogP contribution is 2.41. The van der Waals surface area contributed by atoms with E-state index >= 15 is 0 Å². The summed E-state index contributed by atoms with van der Waals surface area (Å²) in [6, 6.07) is 4.06. The Morgan fingerprint density at radius 1 is 1.37 bits per heavy atom. The Bertz CT molecular complexity index is 448. The van der Waals surface area contributed by atoms with E-state index in [0.29, 0.717) is 24.1 Å². The van der Waals surface area contributed by atoms with Gasteiger partial charge in [0.2, 0.25) is 0 Å². The molecule has 0 aliphatic carbocycles. The predicted octanol–water partition coefficient (Wildman–Crippen LogP) is 1.90. The van der Waals surface area contributed by atoms with Crippen molar-refractivity contribution in [1.29, 1.82) is 0 Å². The third kappa shape index (κ3) is 2.75. The molecule has 1 unspecified atom stereocenters. The van der Waals surface area contributed by atoms with Gasteiger partial charge in [0.15, 0.2) is 0 Å². The molecule has 0 saturated carbocycles. The Hall–Kier alpha value is -1.11. The summed E-state index contributed by atoms with van der Waals surface area (Å²) in [5.74, 6) is 0. The van der Waals surface area contributed by atoms with Crippen LogP contribution in [0.25, 0.3) is 0 Å². The van der Waals surface area contributed by atoms with Crippen LogP contribution in [-0.2, 0) is 12.7 Å². The number of nitrogens with two attached hydrogens (primary N) is 1. The van der Waals surface area contributed by atoms with Gasteiger partial charge in [0.05, 0.1) is 5.56 Å². The minimum atomic E-state index is -4.34. The quantitative estimate of drug-likeness (QED) is 0.881. The molecule has 1 aliphatic heterocycles. The highest BCUT2D eigenvalue weighted by molar-refractivity contribution is 5.42. The zero-order chi connectivity index (χ0) is 14.0. The first-order chi connectivity index (χ1) is 8.99. The lowest BCUT2D eigenvalue weighted by Crippen LogP contribution is -2.29. The minimum Gasteiger partial charge on any atom is -0.396 e. The van der Waals surface area contributed by atoms with Crippen molar-refractivity contribution in [2.24, 2.45) is 5.73 Å². The largest absolute Gasteiger partial charge is 0.416 e. The second-order valence-electron chi connectivity index (χ2n) is 4.67. The van der Waals surface area contributed by atoms with Gasteiger partial charge in [-0.05, 0) is 23.6 Å². The molecule has 1 aromatic rings. The van der Waals surface area contributed by atoms with Crippen LogP contribution in [0.4, 0.5) is 13.2 Å². The van der Waals surface area contributed by atoms with Crippen LogP contribution >= 0.6 is 0 Å². The maximum absolute atomic E-state index is 13.0. The summed E-state index contributed by atoms with van der Waals surface area (Å²) in [6.07, 6.45) is -3.80. The lowest BCUT2D eigenvalue weighted by molar-refractivity contribution is -0.138. The number of hydrogen-bond acceptors (Lipinski definition) is 3. The molecular weight excluding hydrogens is 257 g/mol. The first-order valence-electron chi connectivity index (χ1n) is 6.23. The van der Waals surface area contributed by atoms with Gasteiger partial charge in [-0.25, -0.2) is 0 Å². The molecule has 1 aromatic carbocycles. The summed E-state index contributed by atoms with van der Waals surface area (Å²) >= 11 is 0. The summed E-state index contributed by atoms with van der Waals surface area (Å²) in [4.78, 5) is 1.90. The highest BCUT2D eigenvalue weighted by atomic mass is 19.4. The van der Waals surface area contributed by atoms with Crippen molar-refractivity contribution in [1.82, 2.24) is 4.90 Å². The molecule has 1 heterocycles. The van der Waals surface area contributed by atoms with Crippen LogP contribution in [0, 0.1) is 0 Å². The average Bonchev–Trinajstić information content (AvgIpc) is 2.71. The molecule has 3 N–H and O–H groups in total. The third-order valence-electron chi connectivity index (χ3n) is 3.51. The molecule has 6 heteroatoms. The third-order valence-corrected chi connectivity index (χ3v) is 3.51. The van der Waals surface area contributed by atoms with Gasteiger partial charge in [0.25, 0.3) is 0 Å². The van der Waals surface area contributed by atoms with Crippen molar-refractivity contribution in [2.45, 2.75) is 25.2 Å². The van der Waals surface area contributed by atoms with Crippen molar-refractivity contribution in [3.8, 4) is 0 Å². The molecule has 0 fully saturated rings. The molecular formula is C13H17F3N2O. The van der Waals surface area contributed by atoms with E-state index < -0.39 is 11.7 Å². The number of halogens is 3. The van der Waals surface area contributed by atoms with E-state index in [4.69, 9.17) is 10.8 Å². The molecule has 0 amide bonds. The van der Waals surface area contributed by atoms with Crippen molar-refractivity contribution in [2.75, 3.05) is 19.7 Å². The molecule has 0 saturated heterocycles. The second kappa shape index (κ2) is 5.48. The number of rotatable bonds is 4. The van der Waals surface area contributed by atoms with Crippen LogP contribution in [0.3, 0.4) is 0 Å². The van der Waals surface area contributed by atoms with Crippen LogP contribution < -0.4 is 5.73 Å². The fourth-order valence-electron chi connectivity index (χ4n) is 2.65. The second-order valence-corrected chi connectivity index (χ2v) is 4.67. The lowest BCUT2D eigenvalue weighted by atomic mass is 9.99. The summed E-state index contributed by atoms with van der Waals surface area (Å²) in [6.45, 7) is 1.09. The van der Waals surface area contributed by atoms with E-state index in [0.717, 1.165) is 6.07 Å². The molecule has 2 rings (SSSR count). The maximum Gasteiger partial charge on any atom is 0.416 e. The number of benzene rings is 1. The highest BCUT2D eigenvalue weighted by Gasteiger charge is 2.39. The Labute approximate surface area is 109 Å². The molecule has 0 spiro atoms. The molecule has 3 nitrogen and oxygen atoms in total. The monoisotopic (exact) mass is 274 g/mol. The van der Waals surface area contributed by atoms with Gasteiger partial charge in [-0.15, -0.1) is 0 Å². The van der Waals surface area contributed by atoms with Crippen LogP contribution in [-0.4, -0.2) is 29.7 Å². The normalized spacial score (nSPS) is 19.7. The fraction of sp³-hybridized carbons (Fsp3) is 0.538. The number of aliphatic hydroxyl groups is 1. The smallest absolute Gasteiger partial charge is 0.396 e. The molecule has 106 valence electrons. The Balaban J connectivity index is 2.34. The van der Waals surface area contributed by atoms with E-state index in [1.54, 1.807) is 6.07 Å². The van der Waals surface area contributed by atoms with Crippen LogP contribution in [0.1, 0.15) is 29.2 Å². The van der Waals surface area contributed by atoms with Gasteiger partial charge in [-0.1, -0.05) is 12.1 Å². The standard InChI is InChI=1S/C13H17F3N2O/c14-13(15,16)11-4-1-3-9-10(11)8-18(5-2-6-19)12(9)7-17/h1,3-4,12,19H,2,5-8,17H2. The van der Waals surface area contributed by atoms with Crippen molar-refractivity contribution < 1.29 is 18.3 Å². The zero-order valence-corrected chi connectivity index (χ0v) is 10.5. The minimum absolute atomic E-state index is 0.0241. The first-order valence-corrected chi connectivity index (χ1v) is 6.23. The van der Waals surface area contributed by atoms with E-state index in [2.05, 4.69) is 0 Å². The molecule has 1 atom stereocenters. The van der Waals surface area contributed by atoms with Gasteiger partial charge in [0, 0.05) is 32.3 Å². The van der Waals surface area contributed by atoms with Crippen LogP contribution in [0.5, 0.6) is 0 Å². The first kappa shape index (κ1) is 14.3. The summed E-state index contributed by atoms with van der Waals surface area (Å²) < 4.78 is 38.9. The molecule has 1 aliphatic rings. The lowest BCUT2D eigenvalue weighted by Gasteiger charge is -2.23. The zero-order valence-electron chi connectivity index (χ0n) is 10.5. The van der Waals surface area contributed by atoms with Crippen molar-refractivity contribution >= 4 is 0 Å². The summed E-state index contributed by atoms with van der Waals surface area (Å²) in [5, 5.41) is 8.85. The molecule has 0 radical (unpaired) electrons. The maximum atomic E-state index is 13.0. The summed E-state index contributed by atoms with van der Waals surface area (Å²) in [5.41, 5.74) is 6.10. The Kier molecular flexibility index (Phi) is 4.13. The SMILES string of the molecule is NCC1c2cccc(C(F)(F)F)c2CN1CCCO. The van der Waals surface area contributed by atoms with Crippen LogP contribution in [0.2, 0.25) is 0 Å². The van der Waals surface area contributed by atoms with E-state index in [1.807, 2.05) is 4.90 Å². The van der Waals surface area contributed by atoms with Gasteiger partial charge in [-0.3, -0.25) is 4.90 Å². The van der Waals surface area contributed by atoms with Crippen molar-refractivity contribution in [3.05, 3.63) is 34.9 Å². The van der Waals surface area contributed by atoms with Crippen LogP contribution in [0.15, 0.2) is 18.2 Å². The van der Waals surface area contributed by atoms with E-state index in [9.17, 15) is 13.2 Å². The van der Waals surface area contributed by atoms with E-state index in [-0.39, 0.29) is 25.7 Å². The fourth-order valence-corrected chi connectivity index (χ4v) is 2.65. The molecule has 0 aromatic heterocycles. The summed E-state index contributed by atoms with van der Waals surface area (Å²) in [7, 11) is 0. The van der Waals surface area contributed by atoms with Gasteiger partial charge in [0.1, 0.15) is 0 Å². The van der Waals surface area contributed by atoms with Crippen molar-refractivity contribution in [3.63, 3.8) is 0 Å². The predicted molar refractivity (Wildman–Crippen MR) is 65.4 cm³/mol. The number of alkyl halides is 3. The Morgan fingerprint density at radius 2 is 2.11 bits per heavy atom. The van der Waals surface area contributed by atoms with Gasteiger partial charge >= 0.3 is 6.18 Å². The Morgan fingerprint density at radius 3 is 2.68 bits per heavy atom. The average molecular weight is 274 g/mol. The van der Waals surface area contributed by atoms with E-state index in [1.165, 1.54) is 6.07 Å². The van der Waals surface area contributed by atoms with Gasteiger partial charge in [-0.2, -0.15) is 13.2 Å². The van der Waals surface area contributed by atoms with Gasteiger partial charge < -0.3 is 10.8 Å². The number of fused-ring (bicyclic) bond motifs is 1.